The molecule has 0 aliphatic rings. The summed E-state index contributed by atoms with van der Waals surface area (Å²) in [4.78, 5) is 8.85. The number of halogens is 5. The van der Waals surface area contributed by atoms with Crippen molar-refractivity contribution in [3.63, 3.8) is 0 Å². The Morgan fingerprint density at radius 1 is 1.13 bits per heavy atom. The van der Waals surface area contributed by atoms with Crippen LogP contribution in [0.15, 0.2) is 23.1 Å². The Kier molecular flexibility index (Phi) is 6.41. The lowest BCUT2D eigenvalue weighted by Gasteiger charge is -2.08. The van der Waals surface area contributed by atoms with Crippen LogP contribution in [0.5, 0.6) is 5.75 Å². The lowest BCUT2D eigenvalue weighted by molar-refractivity contribution is -0.385. The first-order valence-electron chi connectivity index (χ1n) is 7.61. The van der Waals surface area contributed by atoms with Crippen molar-refractivity contribution in [3.8, 4) is 11.8 Å². The molecule has 0 fully saturated rings. The summed E-state index contributed by atoms with van der Waals surface area (Å²) in [7, 11) is -3.55. The maximum atomic E-state index is 13.8. The first-order chi connectivity index (χ1) is 13.9. The maximum Gasteiger partial charge on any atom is 0.311 e. The highest BCUT2D eigenvalue weighted by Gasteiger charge is 2.28. The average molecular weight is 448 g/mol. The van der Waals surface area contributed by atoms with Crippen LogP contribution >= 0.6 is 0 Å². The van der Waals surface area contributed by atoms with E-state index < -0.39 is 65.8 Å². The number of nitriles is 1. The Labute approximate surface area is 165 Å². The van der Waals surface area contributed by atoms with Crippen LogP contribution in [0.1, 0.15) is 11.1 Å². The van der Waals surface area contributed by atoms with Crippen molar-refractivity contribution in [3.05, 3.63) is 73.4 Å². The molecule has 158 valence electrons. The van der Waals surface area contributed by atoms with Gasteiger partial charge in [-0.3, -0.25) is 10.1 Å². The standard InChI is InChI=1S/C17H9F5N2O5S/c1-29-12-3-2-8(4-11(12)24(25)26)7-30(27,28)9(6-23)5-10-13(18)15(20)17(22)16(21)14(10)19/h2-5H,7H2,1H3/b9-5-. The molecule has 7 nitrogen and oxygen atoms in total. The SMILES string of the molecule is COc1ccc(CS(=O)(=O)/C(C#N)=C\c2c(F)c(F)c(F)c(F)c2F)cc1[N+](=O)[O-]. The normalized spacial score (nSPS) is 11.8. The van der Waals surface area contributed by atoms with E-state index in [9.17, 15) is 40.5 Å². The number of nitro groups is 1. The van der Waals surface area contributed by atoms with E-state index >= 15 is 0 Å². The summed E-state index contributed by atoms with van der Waals surface area (Å²) in [5.74, 6) is -13.0. The zero-order chi connectivity index (χ0) is 22.8. The molecule has 0 amide bonds. The molecule has 0 radical (unpaired) electrons. The van der Waals surface area contributed by atoms with Crippen LogP contribution in [-0.2, 0) is 15.6 Å². The van der Waals surface area contributed by atoms with E-state index in [0.29, 0.717) is 0 Å². The quantitative estimate of drug-likeness (QED) is 0.166. The van der Waals surface area contributed by atoms with E-state index in [1.807, 2.05) is 0 Å². The smallest absolute Gasteiger partial charge is 0.311 e. The molecule has 0 saturated heterocycles. The molecule has 0 atom stereocenters. The number of hydrogen-bond donors (Lipinski definition) is 0. The van der Waals surface area contributed by atoms with Gasteiger partial charge in [0.15, 0.2) is 38.9 Å². The number of nitrogens with zero attached hydrogens (tertiary/aromatic N) is 2. The Bertz CT molecular complexity index is 1190. The molecule has 2 aromatic carbocycles. The molecule has 0 unspecified atom stereocenters. The van der Waals surface area contributed by atoms with E-state index in [0.717, 1.165) is 31.4 Å². The van der Waals surface area contributed by atoms with Crippen LogP contribution in [0, 0.1) is 50.5 Å². The lowest BCUT2D eigenvalue weighted by Crippen LogP contribution is -2.09. The van der Waals surface area contributed by atoms with Crippen molar-refractivity contribution in [2.24, 2.45) is 0 Å². The molecule has 0 aliphatic carbocycles. The summed E-state index contributed by atoms with van der Waals surface area (Å²) in [6.07, 6.45) is 0.00351. The number of benzene rings is 2. The Hall–Kier alpha value is -3.53. The molecule has 0 saturated carbocycles. The van der Waals surface area contributed by atoms with Crippen molar-refractivity contribution in [2.75, 3.05) is 7.11 Å². The largest absolute Gasteiger partial charge is 0.490 e. The van der Waals surface area contributed by atoms with Gasteiger partial charge < -0.3 is 4.74 Å². The Morgan fingerprint density at radius 3 is 2.13 bits per heavy atom. The second kappa shape index (κ2) is 8.46. The fraction of sp³-hybridized carbons (Fsp3) is 0.118. The molecule has 0 aromatic heterocycles. The Balaban J connectivity index is 2.56. The minimum Gasteiger partial charge on any atom is -0.490 e. The van der Waals surface area contributed by atoms with Gasteiger partial charge in [-0.2, -0.15) is 5.26 Å². The molecule has 0 heterocycles. The van der Waals surface area contributed by atoms with Crippen LogP contribution < -0.4 is 4.74 Å². The van der Waals surface area contributed by atoms with Crippen molar-refractivity contribution < 1.29 is 40.0 Å². The monoisotopic (exact) mass is 448 g/mol. The third-order valence-electron chi connectivity index (χ3n) is 3.76. The van der Waals surface area contributed by atoms with Crippen molar-refractivity contribution in [2.45, 2.75) is 5.75 Å². The van der Waals surface area contributed by atoms with Gasteiger partial charge in [-0.05, 0) is 17.7 Å². The number of nitro benzene ring substituents is 1. The zero-order valence-electron chi connectivity index (χ0n) is 14.8. The van der Waals surface area contributed by atoms with Gasteiger partial charge in [-0.25, -0.2) is 30.4 Å². The van der Waals surface area contributed by atoms with Gasteiger partial charge in [0.2, 0.25) is 5.82 Å². The van der Waals surface area contributed by atoms with Crippen molar-refractivity contribution in [1.82, 2.24) is 0 Å². The molecule has 2 aromatic rings. The highest BCUT2D eigenvalue weighted by molar-refractivity contribution is 7.95. The van der Waals surface area contributed by atoms with E-state index in [4.69, 9.17) is 10.00 Å². The van der Waals surface area contributed by atoms with Crippen LogP contribution in [0.3, 0.4) is 0 Å². The number of ether oxygens (including phenoxy) is 1. The summed E-state index contributed by atoms with van der Waals surface area (Å²) >= 11 is 0. The minimum absolute atomic E-state index is 0.00351. The van der Waals surface area contributed by atoms with Gasteiger partial charge in [0, 0.05) is 6.07 Å². The lowest BCUT2D eigenvalue weighted by atomic mass is 10.1. The summed E-state index contributed by atoms with van der Waals surface area (Å²) in [6.45, 7) is 0. The average Bonchev–Trinajstić information content (AvgIpc) is 2.70. The second-order valence-electron chi connectivity index (χ2n) is 5.63. The number of allylic oxidation sites excluding steroid dienone is 1. The highest BCUT2D eigenvalue weighted by Crippen LogP contribution is 2.30. The minimum atomic E-state index is -4.69. The summed E-state index contributed by atoms with van der Waals surface area (Å²) in [6, 6.07) is 4.17. The van der Waals surface area contributed by atoms with E-state index in [2.05, 4.69) is 0 Å². The molecular weight excluding hydrogens is 439 g/mol. The molecule has 0 aliphatic heterocycles. The van der Waals surface area contributed by atoms with E-state index in [1.54, 1.807) is 0 Å². The molecule has 30 heavy (non-hydrogen) atoms. The van der Waals surface area contributed by atoms with Gasteiger partial charge in [0.1, 0.15) is 11.0 Å². The Morgan fingerprint density at radius 2 is 1.67 bits per heavy atom. The topological polar surface area (TPSA) is 110 Å². The fourth-order valence-electron chi connectivity index (χ4n) is 2.34. The molecule has 13 heteroatoms. The maximum absolute atomic E-state index is 13.8. The third-order valence-corrected chi connectivity index (χ3v) is 5.35. The van der Waals surface area contributed by atoms with Crippen LogP contribution in [0.25, 0.3) is 6.08 Å². The van der Waals surface area contributed by atoms with Crippen LogP contribution in [-0.4, -0.2) is 20.5 Å². The number of methoxy groups -OCH3 is 1. The molecule has 2 rings (SSSR count). The van der Waals surface area contributed by atoms with Gasteiger partial charge in [0.05, 0.1) is 23.3 Å². The highest BCUT2D eigenvalue weighted by atomic mass is 32.2. The summed E-state index contributed by atoms with van der Waals surface area (Å²) in [5.41, 5.74) is -2.40. The van der Waals surface area contributed by atoms with Gasteiger partial charge >= 0.3 is 5.69 Å². The van der Waals surface area contributed by atoms with E-state index in [-0.39, 0.29) is 17.4 Å². The van der Waals surface area contributed by atoms with Gasteiger partial charge in [-0.1, -0.05) is 6.07 Å². The van der Waals surface area contributed by atoms with Crippen LogP contribution in [0.4, 0.5) is 27.6 Å². The molecule has 0 spiro atoms. The molecule has 0 bridgehead atoms. The second-order valence-corrected chi connectivity index (χ2v) is 7.58. The first kappa shape index (κ1) is 22.8. The van der Waals surface area contributed by atoms with Gasteiger partial charge in [-0.15, -0.1) is 0 Å². The number of sulfone groups is 1. The van der Waals surface area contributed by atoms with E-state index in [1.165, 1.54) is 0 Å². The predicted octanol–water partition coefficient (Wildman–Crippen LogP) is 3.78. The molecule has 0 N–H and O–H groups in total. The number of rotatable bonds is 6. The third kappa shape index (κ3) is 4.23. The molecular formula is C17H9F5N2O5S. The van der Waals surface area contributed by atoms with Crippen LogP contribution in [0.2, 0.25) is 0 Å². The fourth-order valence-corrected chi connectivity index (χ4v) is 3.55. The van der Waals surface area contributed by atoms with Crippen molar-refractivity contribution >= 4 is 21.6 Å². The first-order valence-corrected chi connectivity index (χ1v) is 9.27. The summed E-state index contributed by atoms with van der Waals surface area (Å²) < 4.78 is 96.9. The van der Waals surface area contributed by atoms with Gasteiger partial charge in [0.25, 0.3) is 0 Å². The van der Waals surface area contributed by atoms with Crippen molar-refractivity contribution in [1.29, 1.82) is 5.26 Å². The predicted molar refractivity (Wildman–Crippen MR) is 92.1 cm³/mol. The zero-order valence-corrected chi connectivity index (χ0v) is 15.6. The number of hydrogen-bond acceptors (Lipinski definition) is 6. The summed E-state index contributed by atoms with van der Waals surface area (Å²) in [5, 5.41) is 20.1.